The Balaban J connectivity index is 2.45. The topological polar surface area (TPSA) is 37.9 Å². The molecule has 0 radical (unpaired) electrons. The molecule has 2 rings (SSSR count). The molecule has 1 aliphatic heterocycles. The van der Waals surface area contributed by atoms with Gasteiger partial charge in [0.25, 0.3) is 0 Å². The number of hydrogen-bond acceptors (Lipinski definition) is 3. The molecule has 0 saturated carbocycles. The van der Waals surface area contributed by atoms with Gasteiger partial charge >= 0.3 is 0 Å². The minimum absolute atomic E-state index is 0.676. The predicted octanol–water partition coefficient (Wildman–Crippen LogP) is 1.02. The Morgan fingerprint density at radius 1 is 1.60 bits per heavy atom. The van der Waals surface area contributed by atoms with E-state index in [9.17, 15) is 0 Å². The molecule has 0 bridgehead atoms. The molecule has 1 aliphatic rings. The normalized spacial score (nSPS) is 16.1. The summed E-state index contributed by atoms with van der Waals surface area (Å²) < 4.78 is 5.32. The molecular formula is C6H8N2OS. The number of ether oxygens (including phenoxy) is 1. The summed E-state index contributed by atoms with van der Waals surface area (Å²) in [5, 5.41) is 7.46. The lowest BCUT2D eigenvalue weighted by molar-refractivity contribution is 0.281. The monoisotopic (exact) mass is 156 g/mol. The lowest BCUT2D eigenvalue weighted by atomic mass is 10.2. The van der Waals surface area contributed by atoms with Crippen LogP contribution >= 0.6 is 12.6 Å². The van der Waals surface area contributed by atoms with Crippen LogP contribution in [-0.4, -0.2) is 16.8 Å². The van der Waals surface area contributed by atoms with Crippen LogP contribution in [-0.2, 0) is 6.42 Å². The summed E-state index contributed by atoms with van der Waals surface area (Å²) in [6.07, 6.45) is 2.10. The number of rotatable bonds is 0. The second-order valence-corrected chi connectivity index (χ2v) is 2.73. The zero-order valence-corrected chi connectivity index (χ0v) is 6.32. The van der Waals surface area contributed by atoms with Crippen molar-refractivity contribution in [2.75, 3.05) is 6.61 Å². The van der Waals surface area contributed by atoms with Gasteiger partial charge in [-0.2, -0.15) is 5.10 Å². The summed E-state index contributed by atoms with van der Waals surface area (Å²) in [7, 11) is 0. The first-order valence-electron chi connectivity index (χ1n) is 3.27. The lowest BCUT2D eigenvalue weighted by Crippen LogP contribution is -2.07. The number of hydrogen-bond donors (Lipinski definition) is 2. The van der Waals surface area contributed by atoms with Crippen LogP contribution in [0.1, 0.15) is 12.1 Å². The number of nitrogens with zero attached hydrogens (tertiary/aromatic N) is 1. The van der Waals surface area contributed by atoms with Crippen LogP contribution in [0.4, 0.5) is 0 Å². The van der Waals surface area contributed by atoms with E-state index in [1.807, 2.05) is 0 Å². The van der Waals surface area contributed by atoms with Crippen molar-refractivity contribution >= 4 is 12.6 Å². The zero-order valence-electron chi connectivity index (χ0n) is 5.42. The number of nitrogens with one attached hydrogen (secondary N) is 1. The number of aromatic amines is 1. The van der Waals surface area contributed by atoms with Gasteiger partial charge in [0.15, 0.2) is 10.8 Å². The Kier molecular flexibility index (Phi) is 1.34. The van der Waals surface area contributed by atoms with Crippen LogP contribution in [0.5, 0.6) is 5.75 Å². The fraction of sp³-hybridized carbons (Fsp3) is 0.500. The first kappa shape index (κ1) is 6.09. The van der Waals surface area contributed by atoms with Crippen molar-refractivity contribution in [2.45, 2.75) is 17.9 Å². The number of H-pyrrole nitrogens is 1. The van der Waals surface area contributed by atoms with Crippen molar-refractivity contribution in [3.8, 4) is 5.75 Å². The third-order valence-corrected chi connectivity index (χ3v) is 1.89. The largest absolute Gasteiger partial charge is 0.489 e. The fourth-order valence-electron chi connectivity index (χ4n) is 1.10. The maximum Gasteiger partial charge on any atom is 0.173 e. The third kappa shape index (κ3) is 0.794. The second-order valence-electron chi connectivity index (χ2n) is 2.31. The molecule has 0 aromatic carbocycles. The first-order valence-corrected chi connectivity index (χ1v) is 3.71. The molecule has 0 saturated heterocycles. The highest BCUT2D eigenvalue weighted by Gasteiger charge is 2.15. The van der Waals surface area contributed by atoms with E-state index in [1.54, 1.807) is 0 Å². The van der Waals surface area contributed by atoms with Crippen molar-refractivity contribution in [2.24, 2.45) is 0 Å². The van der Waals surface area contributed by atoms with Gasteiger partial charge in [0.05, 0.1) is 12.3 Å². The van der Waals surface area contributed by atoms with Gasteiger partial charge in [-0.3, -0.25) is 5.10 Å². The lowest BCUT2D eigenvalue weighted by Gasteiger charge is -2.11. The van der Waals surface area contributed by atoms with Crippen LogP contribution in [0, 0.1) is 0 Å². The van der Waals surface area contributed by atoms with Gasteiger partial charge in [-0.15, -0.1) is 12.6 Å². The Morgan fingerprint density at radius 2 is 2.50 bits per heavy atom. The number of aryl methyl sites for hydroxylation is 1. The number of fused-ring (bicyclic) bond motifs is 1. The molecule has 0 spiro atoms. The van der Waals surface area contributed by atoms with E-state index in [0.717, 1.165) is 30.9 Å². The molecule has 1 aromatic heterocycles. The molecule has 1 N–H and O–H groups in total. The molecular weight excluding hydrogens is 148 g/mol. The fourth-order valence-corrected chi connectivity index (χ4v) is 1.35. The zero-order chi connectivity index (χ0) is 6.97. The summed E-state index contributed by atoms with van der Waals surface area (Å²) >= 11 is 4.12. The smallest absolute Gasteiger partial charge is 0.173 e. The van der Waals surface area contributed by atoms with E-state index in [1.165, 1.54) is 0 Å². The van der Waals surface area contributed by atoms with Crippen LogP contribution in [0.15, 0.2) is 5.03 Å². The molecule has 3 nitrogen and oxygen atoms in total. The standard InChI is InChI=1S/C6H8N2OS/c10-6-5-4(7-8-6)2-1-3-9-5/h1-3H2,(H2,7,8,10). The van der Waals surface area contributed by atoms with Crippen molar-refractivity contribution in [3.63, 3.8) is 0 Å². The maximum absolute atomic E-state index is 5.32. The summed E-state index contributed by atoms with van der Waals surface area (Å²) in [6.45, 7) is 0.792. The van der Waals surface area contributed by atoms with Crippen molar-refractivity contribution in [1.29, 1.82) is 0 Å². The highest BCUT2D eigenvalue weighted by molar-refractivity contribution is 7.80. The van der Waals surface area contributed by atoms with Gasteiger partial charge in [0, 0.05) is 0 Å². The van der Waals surface area contributed by atoms with Gasteiger partial charge in [0.2, 0.25) is 0 Å². The summed E-state index contributed by atoms with van der Waals surface area (Å²) in [5.74, 6) is 0.842. The van der Waals surface area contributed by atoms with E-state index in [2.05, 4.69) is 22.8 Å². The Morgan fingerprint density at radius 3 is 3.30 bits per heavy atom. The average molecular weight is 156 g/mol. The average Bonchev–Trinajstić information content (AvgIpc) is 2.34. The van der Waals surface area contributed by atoms with Gasteiger partial charge < -0.3 is 4.74 Å². The molecule has 0 fully saturated rings. The summed E-state index contributed by atoms with van der Waals surface area (Å²) in [6, 6.07) is 0. The predicted molar refractivity (Wildman–Crippen MR) is 39.7 cm³/mol. The molecule has 4 heteroatoms. The van der Waals surface area contributed by atoms with E-state index >= 15 is 0 Å². The van der Waals surface area contributed by atoms with Crippen molar-refractivity contribution in [3.05, 3.63) is 5.69 Å². The van der Waals surface area contributed by atoms with E-state index in [0.29, 0.717) is 5.03 Å². The Labute approximate surface area is 64.2 Å². The summed E-state index contributed by atoms with van der Waals surface area (Å²) in [4.78, 5) is 0. The van der Waals surface area contributed by atoms with Gasteiger partial charge in [-0.25, -0.2) is 0 Å². The van der Waals surface area contributed by atoms with Crippen LogP contribution in [0.2, 0.25) is 0 Å². The van der Waals surface area contributed by atoms with E-state index in [-0.39, 0.29) is 0 Å². The van der Waals surface area contributed by atoms with Crippen LogP contribution in [0.25, 0.3) is 0 Å². The van der Waals surface area contributed by atoms with E-state index in [4.69, 9.17) is 4.74 Å². The second kappa shape index (κ2) is 2.20. The minimum atomic E-state index is 0.676. The Hall–Kier alpha value is -0.640. The molecule has 0 aliphatic carbocycles. The van der Waals surface area contributed by atoms with Gasteiger partial charge in [0.1, 0.15) is 0 Å². The molecule has 54 valence electrons. The molecule has 10 heavy (non-hydrogen) atoms. The molecule has 2 heterocycles. The minimum Gasteiger partial charge on any atom is -0.489 e. The highest BCUT2D eigenvalue weighted by atomic mass is 32.1. The first-order chi connectivity index (χ1) is 4.88. The Bertz CT molecular complexity index is 246. The quantitative estimate of drug-likeness (QED) is 0.550. The third-order valence-electron chi connectivity index (χ3n) is 1.59. The molecule has 0 amide bonds. The maximum atomic E-state index is 5.32. The SMILES string of the molecule is Sc1n[nH]c2c1OCCC2. The van der Waals surface area contributed by atoms with Crippen LogP contribution < -0.4 is 4.74 Å². The molecule has 0 atom stereocenters. The molecule has 1 aromatic rings. The molecule has 0 unspecified atom stereocenters. The summed E-state index contributed by atoms with van der Waals surface area (Å²) in [5.41, 5.74) is 1.08. The van der Waals surface area contributed by atoms with Gasteiger partial charge in [-0.05, 0) is 12.8 Å². The number of thiol groups is 1. The van der Waals surface area contributed by atoms with Crippen molar-refractivity contribution < 1.29 is 4.74 Å². The van der Waals surface area contributed by atoms with Gasteiger partial charge in [-0.1, -0.05) is 0 Å². The van der Waals surface area contributed by atoms with E-state index < -0.39 is 0 Å². The van der Waals surface area contributed by atoms with Crippen molar-refractivity contribution in [1.82, 2.24) is 10.2 Å². The number of aromatic nitrogens is 2. The van der Waals surface area contributed by atoms with Crippen LogP contribution in [0.3, 0.4) is 0 Å². The highest BCUT2D eigenvalue weighted by Crippen LogP contribution is 2.28.